The molecule has 1 aromatic rings. The molecule has 0 spiro atoms. The monoisotopic (exact) mass is 258 g/mol. The zero-order valence-electron chi connectivity index (χ0n) is 9.57. The van der Waals surface area contributed by atoms with E-state index < -0.39 is 12.3 Å². The lowest BCUT2D eigenvalue weighted by Gasteiger charge is -2.10. The second-order valence-corrected chi connectivity index (χ2v) is 3.83. The molecule has 98 valence electrons. The Bertz CT molecular complexity index is 479. The molecular weight excluding hydrogens is 246 g/mol. The van der Waals surface area contributed by atoms with Gasteiger partial charge in [-0.1, -0.05) is 6.92 Å². The third-order valence-corrected chi connectivity index (χ3v) is 2.45. The van der Waals surface area contributed by atoms with Crippen LogP contribution in [0.15, 0.2) is 18.2 Å². The summed E-state index contributed by atoms with van der Waals surface area (Å²) in [6, 6.07) is 3.35. The van der Waals surface area contributed by atoms with E-state index in [1.165, 1.54) is 18.2 Å². The van der Waals surface area contributed by atoms with Gasteiger partial charge in [-0.25, -0.2) is 0 Å². The van der Waals surface area contributed by atoms with E-state index in [0.717, 1.165) is 0 Å². The fourth-order valence-electron chi connectivity index (χ4n) is 1.45. The summed E-state index contributed by atoms with van der Waals surface area (Å²) in [4.78, 5) is 11.5. The van der Waals surface area contributed by atoms with Crippen molar-refractivity contribution in [2.45, 2.75) is 25.7 Å². The lowest BCUT2D eigenvalue weighted by Crippen LogP contribution is -2.34. The van der Waals surface area contributed by atoms with Crippen LogP contribution in [-0.2, 0) is 4.79 Å². The number of nitrogens with two attached hydrogens (primary N) is 1. The van der Waals surface area contributed by atoms with Crippen LogP contribution < -0.4 is 20.5 Å². The Kier molecular flexibility index (Phi) is 3.08. The molecule has 2 rings (SSSR count). The molecule has 0 unspecified atom stereocenters. The molecule has 0 bridgehead atoms. The van der Waals surface area contributed by atoms with Crippen LogP contribution in [0.2, 0.25) is 0 Å². The summed E-state index contributed by atoms with van der Waals surface area (Å²) in [6.45, 7) is 1.77. The summed E-state index contributed by atoms with van der Waals surface area (Å²) in [5, 5.41) is 2.51. The second kappa shape index (κ2) is 4.41. The molecule has 1 aliphatic rings. The number of fused-ring (bicyclic) bond motifs is 1. The highest BCUT2D eigenvalue weighted by atomic mass is 19.3. The first-order valence-electron chi connectivity index (χ1n) is 5.37. The summed E-state index contributed by atoms with van der Waals surface area (Å²) < 4.78 is 34.0. The van der Waals surface area contributed by atoms with Gasteiger partial charge >= 0.3 is 6.29 Å². The quantitative estimate of drug-likeness (QED) is 0.865. The smallest absolute Gasteiger partial charge is 0.395 e. The lowest BCUT2D eigenvalue weighted by molar-refractivity contribution is -0.286. The zero-order chi connectivity index (χ0) is 13.3. The Morgan fingerprint density at radius 1 is 1.44 bits per heavy atom. The van der Waals surface area contributed by atoms with Gasteiger partial charge in [-0.3, -0.25) is 4.79 Å². The van der Waals surface area contributed by atoms with E-state index in [-0.39, 0.29) is 17.4 Å². The van der Waals surface area contributed by atoms with Crippen molar-refractivity contribution in [2.24, 2.45) is 5.73 Å². The fraction of sp³-hybridized carbons (Fsp3) is 0.364. The SMILES string of the molecule is CC[C@@H](N)C(=O)Nc1ccc2c(c1)OC(F)(F)O2. The van der Waals surface area contributed by atoms with E-state index in [9.17, 15) is 13.6 Å². The number of anilines is 1. The van der Waals surface area contributed by atoms with Crippen molar-refractivity contribution in [3.8, 4) is 11.5 Å². The Labute approximate surface area is 102 Å². The number of hydrogen-bond donors (Lipinski definition) is 2. The van der Waals surface area contributed by atoms with Crippen LogP contribution in [0, 0.1) is 0 Å². The molecule has 0 radical (unpaired) electrons. The van der Waals surface area contributed by atoms with E-state index in [0.29, 0.717) is 12.1 Å². The molecule has 3 N–H and O–H groups in total. The third-order valence-electron chi connectivity index (χ3n) is 2.45. The van der Waals surface area contributed by atoms with Gasteiger partial charge in [0.05, 0.1) is 6.04 Å². The van der Waals surface area contributed by atoms with Crippen molar-refractivity contribution in [1.29, 1.82) is 0 Å². The number of amides is 1. The topological polar surface area (TPSA) is 73.6 Å². The van der Waals surface area contributed by atoms with Gasteiger partial charge in [-0.05, 0) is 18.6 Å². The summed E-state index contributed by atoms with van der Waals surface area (Å²) in [7, 11) is 0. The van der Waals surface area contributed by atoms with Crippen LogP contribution in [0.5, 0.6) is 11.5 Å². The second-order valence-electron chi connectivity index (χ2n) is 3.83. The van der Waals surface area contributed by atoms with Gasteiger partial charge < -0.3 is 20.5 Å². The number of hydrogen-bond acceptors (Lipinski definition) is 4. The van der Waals surface area contributed by atoms with Crippen LogP contribution in [-0.4, -0.2) is 18.2 Å². The van der Waals surface area contributed by atoms with Gasteiger partial charge in [-0.15, -0.1) is 8.78 Å². The van der Waals surface area contributed by atoms with Crippen LogP contribution in [0.1, 0.15) is 13.3 Å². The first kappa shape index (κ1) is 12.6. The number of ether oxygens (including phenoxy) is 2. The minimum absolute atomic E-state index is 0.0715. The van der Waals surface area contributed by atoms with Crippen LogP contribution in [0.3, 0.4) is 0 Å². The van der Waals surface area contributed by atoms with Crippen molar-refractivity contribution < 1.29 is 23.0 Å². The van der Waals surface area contributed by atoms with Crippen molar-refractivity contribution in [2.75, 3.05) is 5.32 Å². The maximum Gasteiger partial charge on any atom is 0.586 e. The van der Waals surface area contributed by atoms with E-state index >= 15 is 0 Å². The molecule has 7 heteroatoms. The van der Waals surface area contributed by atoms with E-state index in [2.05, 4.69) is 14.8 Å². The first-order valence-corrected chi connectivity index (χ1v) is 5.37. The van der Waals surface area contributed by atoms with Gasteiger partial charge in [0.25, 0.3) is 0 Å². The largest absolute Gasteiger partial charge is 0.586 e. The normalized spacial score (nSPS) is 17.3. The maximum absolute atomic E-state index is 12.8. The molecule has 1 aliphatic heterocycles. The van der Waals surface area contributed by atoms with Gasteiger partial charge in [-0.2, -0.15) is 0 Å². The molecule has 0 aromatic heterocycles. The molecule has 1 aromatic carbocycles. The number of benzene rings is 1. The molecule has 18 heavy (non-hydrogen) atoms. The Balaban J connectivity index is 2.12. The van der Waals surface area contributed by atoms with Crippen molar-refractivity contribution in [1.82, 2.24) is 0 Å². The molecule has 5 nitrogen and oxygen atoms in total. The highest BCUT2D eigenvalue weighted by Crippen LogP contribution is 2.42. The van der Waals surface area contributed by atoms with Gasteiger partial charge in [0.15, 0.2) is 11.5 Å². The van der Waals surface area contributed by atoms with Crippen molar-refractivity contribution >= 4 is 11.6 Å². The number of carbonyl (C=O) groups is 1. The van der Waals surface area contributed by atoms with Crippen LogP contribution in [0.25, 0.3) is 0 Å². The molecule has 0 saturated heterocycles. The molecule has 0 saturated carbocycles. The number of rotatable bonds is 3. The number of alkyl halides is 2. The van der Waals surface area contributed by atoms with E-state index in [1.54, 1.807) is 6.92 Å². The molecule has 1 heterocycles. The van der Waals surface area contributed by atoms with Crippen molar-refractivity contribution in [3.05, 3.63) is 18.2 Å². The number of nitrogens with one attached hydrogen (secondary N) is 1. The lowest BCUT2D eigenvalue weighted by atomic mass is 10.2. The molecule has 1 atom stereocenters. The fourth-order valence-corrected chi connectivity index (χ4v) is 1.45. The van der Waals surface area contributed by atoms with Gasteiger partial charge in [0, 0.05) is 11.8 Å². The predicted molar refractivity (Wildman–Crippen MR) is 59.5 cm³/mol. The highest BCUT2D eigenvalue weighted by molar-refractivity contribution is 5.94. The van der Waals surface area contributed by atoms with E-state index in [1.807, 2.05) is 0 Å². The third kappa shape index (κ3) is 2.51. The number of halogens is 2. The van der Waals surface area contributed by atoms with E-state index in [4.69, 9.17) is 5.73 Å². The Hall–Kier alpha value is -1.89. The summed E-state index contributed by atoms with van der Waals surface area (Å²) in [5.41, 5.74) is 5.86. The first-order chi connectivity index (χ1) is 8.41. The maximum atomic E-state index is 12.8. The molecule has 0 fully saturated rings. The minimum Gasteiger partial charge on any atom is -0.395 e. The molecule has 0 aliphatic carbocycles. The molecule has 1 amide bonds. The van der Waals surface area contributed by atoms with Gasteiger partial charge in [0.2, 0.25) is 5.91 Å². The van der Waals surface area contributed by atoms with Crippen molar-refractivity contribution in [3.63, 3.8) is 0 Å². The zero-order valence-corrected chi connectivity index (χ0v) is 9.57. The van der Waals surface area contributed by atoms with Crippen LogP contribution in [0.4, 0.5) is 14.5 Å². The summed E-state index contributed by atoms with van der Waals surface area (Å²) >= 11 is 0. The summed E-state index contributed by atoms with van der Waals surface area (Å²) in [6.07, 6.45) is -3.18. The Morgan fingerprint density at radius 3 is 2.78 bits per heavy atom. The average Bonchev–Trinajstić information content (AvgIpc) is 2.61. The highest BCUT2D eigenvalue weighted by Gasteiger charge is 2.43. The number of carbonyl (C=O) groups excluding carboxylic acids is 1. The Morgan fingerprint density at radius 2 is 2.11 bits per heavy atom. The molecular formula is C11H12F2N2O3. The average molecular weight is 258 g/mol. The standard InChI is InChI=1S/C11H12F2N2O3/c1-2-7(14)10(16)15-6-3-4-8-9(5-6)18-11(12,13)17-8/h3-5,7H,2,14H2,1H3,(H,15,16)/t7-/m1/s1. The van der Waals surface area contributed by atoms with Gasteiger partial charge in [0.1, 0.15) is 0 Å². The summed E-state index contributed by atoms with van der Waals surface area (Å²) in [5.74, 6) is -0.580. The predicted octanol–water partition coefficient (Wildman–Crippen LogP) is 1.68. The van der Waals surface area contributed by atoms with Crippen LogP contribution >= 0.6 is 0 Å². The minimum atomic E-state index is -3.66.